The summed E-state index contributed by atoms with van der Waals surface area (Å²) in [5.74, 6) is 0.0361. The highest BCUT2D eigenvalue weighted by Gasteiger charge is 2.08. The summed E-state index contributed by atoms with van der Waals surface area (Å²) in [6, 6.07) is 4.50. The van der Waals surface area contributed by atoms with Gasteiger partial charge >= 0.3 is 6.16 Å². The zero-order valence-corrected chi connectivity index (χ0v) is 9.10. The second kappa shape index (κ2) is 4.65. The highest BCUT2D eigenvalue weighted by Crippen LogP contribution is 2.10. The fraction of sp³-hybridized carbons (Fsp3) is 0.182. The number of pyridine rings is 2. The van der Waals surface area contributed by atoms with E-state index in [1.165, 1.54) is 6.20 Å². The lowest BCUT2D eigenvalue weighted by Gasteiger charge is -2.04. The number of carbonyl (C=O) groups is 1. The van der Waals surface area contributed by atoms with Crippen LogP contribution in [0, 0.1) is 0 Å². The van der Waals surface area contributed by atoms with E-state index in [2.05, 4.69) is 14.7 Å². The molecule has 2 heterocycles. The van der Waals surface area contributed by atoms with Crippen molar-refractivity contribution in [2.75, 3.05) is 6.61 Å². The lowest BCUT2D eigenvalue weighted by atomic mass is 10.3. The zero-order valence-electron chi connectivity index (χ0n) is 9.10. The standard InChI is InChI=1S/C11H10N2O4/c1-2-16-11(15)17-9-6-8(14)10-7(13-9)4-3-5-12-10/h3-6H,2H2,1H3,(H,13,14). The molecular weight excluding hydrogens is 224 g/mol. The van der Waals surface area contributed by atoms with E-state index in [0.717, 1.165) is 6.07 Å². The zero-order chi connectivity index (χ0) is 12.3. The molecular formula is C11H10N2O4. The maximum Gasteiger partial charge on any atom is 0.515 e. The Kier molecular flexibility index (Phi) is 3.04. The Morgan fingerprint density at radius 1 is 1.53 bits per heavy atom. The predicted molar refractivity (Wildman–Crippen MR) is 60.0 cm³/mol. The lowest BCUT2D eigenvalue weighted by Crippen LogP contribution is -2.13. The topological polar surface area (TPSA) is 81.3 Å². The summed E-state index contributed by atoms with van der Waals surface area (Å²) in [5, 5.41) is 0. The average Bonchev–Trinajstić information content (AvgIpc) is 2.29. The van der Waals surface area contributed by atoms with Crippen LogP contribution in [-0.2, 0) is 4.74 Å². The van der Waals surface area contributed by atoms with Crippen molar-refractivity contribution in [3.8, 4) is 5.88 Å². The van der Waals surface area contributed by atoms with Gasteiger partial charge in [-0.1, -0.05) is 0 Å². The van der Waals surface area contributed by atoms with Gasteiger partial charge in [0.2, 0.25) is 11.3 Å². The van der Waals surface area contributed by atoms with Crippen LogP contribution in [0.2, 0.25) is 0 Å². The molecule has 0 amide bonds. The Morgan fingerprint density at radius 3 is 3.12 bits per heavy atom. The third-order valence-corrected chi connectivity index (χ3v) is 2.02. The van der Waals surface area contributed by atoms with E-state index >= 15 is 0 Å². The number of hydrogen-bond donors (Lipinski definition) is 1. The first-order valence-corrected chi connectivity index (χ1v) is 5.03. The minimum absolute atomic E-state index is 0.0361. The van der Waals surface area contributed by atoms with E-state index in [0.29, 0.717) is 11.0 Å². The maximum atomic E-state index is 11.6. The molecule has 88 valence electrons. The average molecular weight is 234 g/mol. The molecule has 0 saturated heterocycles. The van der Waals surface area contributed by atoms with Crippen LogP contribution < -0.4 is 10.2 Å². The number of nitrogens with zero attached hydrogens (tertiary/aromatic N) is 1. The molecule has 0 aliphatic carbocycles. The fourth-order valence-electron chi connectivity index (χ4n) is 1.35. The molecule has 0 aromatic carbocycles. The Labute approximate surface area is 96.2 Å². The molecule has 0 aliphatic heterocycles. The summed E-state index contributed by atoms with van der Waals surface area (Å²) in [4.78, 5) is 29.4. The molecule has 2 rings (SSSR count). The number of hydrogen-bond acceptors (Lipinski definition) is 5. The summed E-state index contributed by atoms with van der Waals surface area (Å²) in [6.07, 6.45) is 0.662. The van der Waals surface area contributed by atoms with Gasteiger partial charge < -0.3 is 14.5 Å². The predicted octanol–water partition coefficient (Wildman–Crippen LogP) is 1.46. The van der Waals surface area contributed by atoms with Gasteiger partial charge in [0.15, 0.2) is 0 Å². The Bertz CT molecular complexity index is 606. The molecule has 6 heteroatoms. The van der Waals surface area contributed by atoms with Crippen LogP contribution in [-0.4, -0.2) is 22.7 Å². The number of H-pyrrole nitrogens is 1. The van der Waals surface area contributed by atoms with Crippen LogP contribution in [0.4, 0.5) is 4.79 Å². The molecule has 0 spiro atoms. The van der Waals surface area contributed by atoms with Gasteiger partial charge in [-0.05, 0) is 19.1 Å². The van der Waals surface area contributed by atoms with Crippen molar-refractivity contribution in [2.45, 2.75) is 6.92 Å². The molecule has 0 bridgehead atoms. The van der Waals surface area contributed by atoms with Crippen LogP contribution >= 0.6 is 0 Å². The summed E-state index contributed by atoms with van der Waals surface area (Å²) >= 11 is 0. The molecule has 0 aliphatic rings. The van der Waals surface area contributed by atoms with E-state index in [1.807, 2.05) is 0 Å². The van der Waals surface area contributed by atoms with Gasteiger partial charge in [0.1, 0.15) is 5.52 Å². The largest absolute Gasteiger partial charge is 0.515 e. The third-order valence-electron chi connectivity index (χ3n) is 2.02. The molecule has 17 heavy (non-hydrogen) atoms. The highest BCUT2D eigenvalue weighted by atomic mass is 16.7. The number of rotatable bonds is 2. The molecule has 2 aromatic heterocycles. The summed E-state index contributed by atoms with van der Waals surface area (Å²) in [6.45, 7) is 1.87. The third kappa shape index (κ3) is 2.41. The number of aromatic nitrogens is 2. The van der Waals surface area contributed by atoms with E-state index in [9.17, 15) is 9.59 Å². The molecule has 6 nitrogen and oxygen atoms in total. The van der Waals surface area contributed by atoms with E-state index in [-0.39, 0.29) is 17.9 Å². The molecule has 2 aromatic rings. The second-order valence-corrected chi connectivity index (χ2v) is 3.18. The number of fused-ring (bicyclic) bond motifs is 1. The van der Waals surface area contributed by atoms with Crippen molar-refractivity contribution >= 4 is 17.2 Å². The highest BCUT2D eigenvalue weighted by molar-refractivity contribution is 5.74. The lowest BCUT2D eigenvalue weighted by molar-refractivity contribution is 0.103. The van der Waals surface area contributed by atoms with Gasteiger partial charge in [-0.3, -0.25) is 9.78 Å². The van der Waals surface area contributed by atoms with Crippen LogP contribution in [0.5, 0.6) is 5.88 Å². The van der Waals surface area contributed by atoms with Crippen molar-refractivity contribution in [1.29, 1.82) is 0 Å². The number of ether oxygens (including phenoxy) is 2. The van der Waals surface area contributed by atoms with Crippen LogP contribution in [0.25, 0.3) is 11.0 Å². The van der Waals surface area contributed by atoms with Crippen LogP contribution in [0.15, 0.2) is 29.2 Å². The number of carbonyl (C=O) groups excluding carboxylic acids is 1. The second-order valence-electron chi connectivity index (χ2n) is 3.18. The maximum absolute atomic E-state index is 11.6. The van der Waals surface area contributed by atoms with Gasteiger partial charge in [-0.2, -0.15) is 0 Å². The molecule has 1 N–H and O–H groups in total. The smallest absolute Gasteiger partial charge is 0.434 e. The Morgan fingerprint density at radius 2 is 2.35 bits per heavy atom. The quantitative estimate of drug-likeness (QED) is 0.795. The molecule has 0 atom stereocenters. The van der Waals surface area contributed by atoms with Crippen molar-refractivity contribution < 1.29 is 14.3 Å². The van der Waals surface area contributed by atoms with Crippen molar-refractivity contribution in [3.63, 3.8) is 0 Å². The fourth-order valence-corrected chi connectivity index (χ4v) is 1.35. The van der Waals surface area contributed by atoms with E-state index in [1.54, 1.807) is 19.1 Å². The van der Waals surface area contributed by atoms with Gasteiger partial charge in [-0.15, -0.1) is 0 Å². The SMILES string of the molecule is CCOC(=O)Oc1cc(=O)c2ncccc2[nH]1. The minimum atomic E-state index is -0.855. The van der Waals surface area contributed by atoms with E-state index < -0.39 is 6.16 Å². The first-order chi connectivity index (χ1) is 8.20. The first-order valence-electron chi connectivity index (χ1n) is 5.03. The molecule has 0 saturated carbocycles. The number of aromatic amines is 1. The molecule has 0 unspecified atom stereocenters. The van der Waals surface area contributed by atoms with Crippen molar-refractivity contribution in [3.05, 3.63) is 34.6 Å². The van der Waals surface area contributed by atoms with Crippen LogP contribution in [0.3, 0.4) is 0 Å². The van der Waals surface area contributed by atoms with Gasteiger partial charge in [-0.25, -0.2) is 4.79 Å². The molecule has 0 fully saturated rings. The number of nitrogens with one attached hydrogen (secondary N) is 1. The normalized spacial score (nSPS) is 10.2. The van der Waals surface area contributed by atoms with Gasteiger partial charge in [0.25, 0.3) is 0 Å². The van der Waals surface area contributed by atoms with Crippen LogP contribution in [0.1, 0.15) is 6.92 Å². The Balaban J connectivity index is 2.37. The monoisotopic (exact) mass is 234 g/mol. The molecule has 0 radical (unpaired) electrons. The summed E-state index contributed by atoms with van der Waals surface area (Å²) < 4.78 is 9.40. The van der Waals surface area contributed by atoms with Gasteiger partial charge in [0, 0.05) is 12.3 Å². The summed E-state index contributed by atoms with van der Waals surface area (Å²) in [5.41, 5.74) is 0.474. The Hall–Kier alpha value is -2.37. The van der Waals surface area contributed by atoms with Crippen molar-refractivity contribution in [2.24, 2.45) is 0 Å². The summed E-state index contributed by atoms with van der Waals surface area (Å²) in [7, 11) is 0. The first kappa shape index (κ1) is 11.1. The van der Waals surface area contributed by atoms with E-state index in [4.69, 9.17) is 4.74 Å². The van der Waals surface area contributed by atoms with Gasteiger partial charge in [0.05, 0.1) is 12.1 Å². The minimum Gasteiger partial charge on any atom is -0.434 e. The van der Waals surface area contributed by atoms with Crippen molar-refractivity contribution in [1.82, 2.24) is 9.97 Å².